The van der Waals surface area contributed by atoms with Gasteiger partial charge in [0.2, 0.25) is 10.0 Å². The SMILES string of the molecule is COc1ccc(C(=O)c2ccc(Cl)c(S(N)(=O)=O)c2)cc1O. The van der Waals surface area contributed by atoms with Crippen molar-refractivity contribution in [3.63, 3.8) is 0 Å². The molecule has 2 aromatic carbocycles. The van der Waals surface area contributed by atoms with Crippen LogP contribution in [0.15, 0.2) is 41.3 Å². The third-order valence-electron chi connectivity index (χ3n) is 2.94. The first-order valence-corrected chi connectivity index (χ1v) is 7.90. The maximum absolute atomic E-state index is 12.4. The van der Waals surface area contributed by atoms with Gasteiger partial charge in [-0.3, -0.25) is 4.79 Å². The van der Waals surface area contributed by atoms with Gasteiger partial charge >= 0.3 is 0 Å². The molecule has 0 saturated heterocycles. The van der Waals surface area contributed by atoms with Gasteiger partial charge in [-0.15, -0.1) is 0 Å². The Morgan fingerprint density at radius 1 is 1.18 bits per heavy atom. The maximum atomic E-state index is 12.4. The van der Waals surface area contributed by atoms with Crippen molar-refractivity contribution in [3.05, 3.63) is 52.5 Å². The number of phenols is 1. The summed E-state index contributed by atoms with van der Waals surface area (Å²) in [4.78, 5) is 12.0. The van der Waals surface area contributed by atoms with Gasteiger partial charge in [0, 0.05) is 11.1 Å². The fraction of sp³-hybridized carbons (Fsp3) is 0.0714. The highest BCUT2D eigenvalue weighted by Gasteiger charge is 2.18. The Labute approximate surface area is 132 Å². The number of aromatic hydroxyl groups is 1. The van der Waals surface area contributed by atoms with Crippen LogP contribution in [0.3, 0.4) is 0 Å². The summed E-state index contributed by atoms with van der Waals surface area (Å²) in [6.07, 6.45) is 0. The van der Waals surface area contributed by atoms with E-state index in [0.29, 0.717) is 0 Å². The van der Waals surface area contributed by atoms with Crippen LogP contribution in [0.5, 0.6) is 11.5 Å². The predicted molar refractivity (Wildman–Crippen MR) is 80.9 cm³/mol. The number of carbonyl (C=O) groups is 1. The van der Waals surface area contributed by atoms with Crippen LogP contribution in [-0.2, 0) is 10.0 Å². The van der Waals surface area contributed by atoms with E-state index in [-0.39, 0.29) is 32.5 Å². The topological polar surface area (TPSA) is 107 Å². The summed E-state index contributed by atoms with van der Waals surface area (Å²) in [6.45, 7) is 0. The second-order valence-corrected chi connectivity index (χ2v) is 6.34. The lowest BCUT2D eigenvalue weighted by Crippen LogP contribution is -2.14. The molecule has 6 nitrogen and oxygen atoms in total. The van der Waals surface area contributed by atoms with E-state index in [2.05, 4.69) is 0 Å². The van der Waals surface area contributed by atoms with E-state index in [1.54, 1.807) is 0 Å². The molecule has 0 spiro atoms. The van der Waals surface area contributed by atoms with Gasteiger partial charge in [-0.2, -0.15) is 0 Å². The first kappa shape index (κ1) is 16.3. The molecule has 22 heavy (non-hydrogen) atoms. The Balaban J connectivity index is 2.48. The number of nitrogens with two attached hydrogens (primary N) is 1. The smallest absolute Gasteiger partial charge is 0.239 e. The first-order chi connectivity index (χ1) is 10.2. The predicted octanol–water partition coefficient (Wildman–Crippen LogP) is 1.93. The van der Waals surface area contributed by atoms with Crippen molar-refractivity contribution in [3.8, 4) is 11.5 Å². The number of hydrogen-bond acceptors (Lipinski definition) is 5. The van der Waals surface area contributed by atoms with Gasteiger partial charge in [-0.05, 0) is 36.4 Å². The highest BCUT2D eigenvalue weighted by atomic mass is 35.5. The molecule has 0 fully saturated rings. The molecule has 0 unspecified atom stereocenters. The van der Waals surface area contributed by atoms with Crippen LogP contribution in [0.25, 0.3) is 0 Å². The lowest BCUT2D eigenvalue weighted by atomic mass is 10.0. The first-order valence-electron chi connectivity index (χ1n) is 5.98. The molecule has 2 rings (SSSR count). The number of primary sulfonamides is 1. The molecule has 0 aliphatic carbocycles. The van der Waals surface area contributed by atoms with E-state index < -0.39 is 15.8 Å². The molecule has 3 N–H and O–H groups in total. The lowest BCUT2D eigenvalue weighted by molar-refractivity contribution is 0.103. The summed E-state index contributed by atoms with van der Waals surface area (Å²) >= 11 is 5.77. The van der Waals surface area contributed by atoms with Crippen LogP contribution in [-0.4, -0.2) is 26.4 Å². The van der Waals surface area contributed by atoms with Gasteiger partial charge in [0.25, 0.3) is 0 Å². The molecule has 0 heterocycles. The minimum absolute atomic E-state index is 0.0726. The van der Waals surface area contributed by atoms with Crippen molar-refractivity contribution in [2.75, 3.05) is 7.11 Å². The van der Waals surface area contributed by atoms with E-state index >= 15 is 0 Å². The van der Waals surface area contributed by atoms with Gasteiger partial charge in [0.15, 0.2) is 17.3 Å². The number of benzene rings is 2. The molecule has 0 aliphatic rings. The number of ether oxygens (including phenoxy) is 1. The average Bonchev–Trinajstić information content (AvgIpc) is 2.45. The number of halogens is 1. The number of ketones is 1. The largest absolute Gasteiger partial charge is 0.504 e. The van der Waals surface area contributed by atoms with Gasteiger partial charge in [0.1, 0.15) is 4.90 Å². The molecule has 2 aromatic rings. The molecule has 0 bridgehead atoms. The number of rotatable bonds is 4. The molecule has 0 aromatic heterocycles. The van der Waals surface area contributed by atoms with Crippen molar-refractivity contribution < 1.29 is 23.1 Å². The third-order valence-corrected chi connectivity index (χ3v) is 4.33. The van der Waals surface area contributed by atoms with Gasteiger partial charge in [-0.1, -0.05) is 11.6 Å². The second kappa shape index (κ2) is 5.96. The molecular weight excluding hydrogens is 330 g/mol. The van der Waals surface area contributed by atoms with Crippen LogP contribution < -0.4 is 9.88 Å². The van der Waals surface area contributed by atoms with Crippen LogP contribution >= 0.6 is 11.6 Å². The maximum Gasteiger partial charge on any atom is 0.239 e. The molecule has 0 aliphatic heterocycles. The van der Waals surface area contributed by atoms with E-state index in [1.165, 1.54) is 37.4 Å². The zero-order valence-electron chi connectivity index (χ0n) is 11.4. The average molecular weight is 342 g/mol. The highest BCUT2D eigenvalue weighted by Crippen LogP contribution is 2.28. The molecular formula is C14H12ClNO5S. The molecule has 0 radical (unpaired) electrons. The fourth-order valence-corrected chi connectivity index (χ4v) is 2.93. The zero-order valence-corrected chi connectivity index (χ0v) is 13.0. The van der Waals surface area contributed by atoms with Crippen molar-refractivity contribution in [1.29, 1.82) is 0 Å². The van der Waals surface area contributed by atoms with Crippen molar-refractivity contribution in [2.45, 2.75) is 4.90 Å². The van der Waals surface area contributed by atoms with Crippen molar-refractivity contribution in [1.82, 2.24) is 0 Å². The van der Waals surface area contributed by atoms with Crippen LogP contribution in [0.2, 0.25) is 5.02 Å². The standard InChI is InChI=1S/C14H12ClNO5S/c1-21-12-5-3-8(6-11(12)17)14(18)9-2-4-10(15)13(7-9)22(16,19)20/h2-7,17H,1H3,(H2,16,19,20). The summed E-state index contributed by atoms with van der Waals surface area (Å²) in [5.41, 5.74) is 0.249. The Morgan fingerprint density at radius 3 is 2.32 bits per heavy atom. The number of sulfonamides is 1. The second-order valence-electron chi connectivity index (χ2n) is 4.41. The van der Waals surface area contributed by atoms with Crippen LogP contribution in [0.1, 0.15) is 15.9 Å². The molecule has 0 saturated carbocycles. The molecule has 8 heteroatoms. The highest BCUT2D eigenvalue weighted by molar-refractivity contribution is 7.89. The lowest BCUT2D eigenvalue weighted by Gasteiger charge is -2.07. The summed E-state index contributed by atoms with van der Waals surface area (Å²) < 4.78 is 27.7. The molecule has 116 valence electrons. The van der Waals surface area contributed by atoms with E-state index in [1.807, 2.05) is 0 Å². The van der Waals surface area contributed by atoms with Gasteiger partial charge < -0.3 is 9.84 Å². The van der Waals surface area contributed by atoms with Gasteiger partial charge in [-0.25, -0.2) is 13.6 Å². The Kier molecular flexibility index (Phi) is 4.41. The van der Waals surface area contributed by atoms with Crippen molar-refractivity contribution >= 4 is 27.4 Å². The Hall–Kier alpha value is -2.09. The Morgan fingerprint density at radius 2 is 1.77 bits per heavy atom. The minimum Gasteiger partial charge on any atom is -0.504 e. The number of phenolic OH excluding ortho intramolecular Hbond substituents is 1. The summed E-state index contributed by atoms with van der Waals surface area (Å²) in [7, 11) is -2.66. The number of methoxy groups -OCH3 is 1. The monoisotopic (exact) mass is 341 g/mol. The fourth-order valence-electron chi connectivity index (χ4n) is 1.86. The van der Waals surface area contributed by atoms with Crippen LogP contribution in [0, 0.1) is 0 Å². The van der Waals surface area contributed by atoms with E-state index in [4.69, 9.17) is 21.5 Å². The quantitative estimate of drug-likeness (QED) is 0.826. The summed E-state index contributed by atoms with van der Waals surface area (Å²) in [6, 6.07) is 7.86. The Bertz CT molecular complexity index is 848. The molecule has 0 amide bonds. The molecule has 0 atom stereocenters. The number of hydrogen-bond donors (Lipinski definition) is 2. The summed E-state index contributed by atoms with van der Waals surface area (Å²) in [5.74, 6) is -0.466. The van der Waals surface area contributed by atoms with Crippen molar-refractivity contribution in [2.24, 2.45) is 5.14 Å². The minimum atomic E-state index is -4.04. The van der Waals surface area contributed by atoms with E-state index in [9.17, 15) is 18.3 Å². The zero-order chi connectivity index (χ0) is 16.5. The normalized spacial score (nSPS) is 11.2. The van der Waals surface area contributed by atoms with E-state index in [0.717, 1.165) is 6.07 Å². The van der Waals surface area contributed by atoms with Crippen LogP contribution in [0.4, 0.5) is 0 Å². The summed E-state index contributed by atoms with van der Waals surface area (Å²) in [5, 5.41) is 14.7. The third kappa shape index (κ3) is 3.22. The number of carbonyl (C=O) groups excluding carboxylic acids is 1. The van der Waals surface area contributed by atoms with Gasteiger partial charge in [0.05, 0.1) is 12.1 Å².